The molecule has 0 aliphatic carbocycles. The molecule has 0 amide bonds. The van der Waals surface area contributed by atoms with Crippen molar-refractivity contribution in [2.45, 2.75) is 36.7 Å². The summed E-state index contributed by atoms with van der Waals surface area (Å²) in [5, 5.41) is 4.41. The molecule has 1 fully saturated rings. The van der Waals surface area contributed by atoms with Gasteiger partial charge in [-0.15, -0.1) is 0 Å². The standard InChI is InChI=1S/C18H23FN4O2S/c19-15-3-5-18(6-4-15)26(24,25)22-13-16-7-9-20-23(16)17(14-22)8-12-21-10-1-2-11-21/h3-7,9,17H,1-2,8,10-14H2/t17-/m1/s1. The molecule has 2 aliphatic rings. The van der Waals surface area contributed by atoms with Gasteiger partial charge >= 0.3 is 0 Å². The molecule has 0 saturated carbocycles. The zero-order valence-corrected chi connectivity index (χ0v) is 15.4. The summed E-state index contributed by atoms with van der Waals surface area (Å²) in [7, 11) is -3.66. The molecular formula is C18H23FN4O2S. The molecule has 1 aromatic carbocycles. The number of benzene rings is 1. The number of rotatable bonds is 5. The summed E-state index contributed by atoms with van der Waals surface area (Å²) in [5.41, 5.74) is 0.897. The van der Waals surface area contributed by atoms with Crippen LogP contribution in [0.1, 0.15) is 31.0 Å². The number of nitrogens with zero attached hydrogens (tertiary/aromatic N) is 4. The van der Waals surface area contributed by atoms with Crippen LogP contribution < -0.4 is 0 Å². The third-order valence-electron chi connectivity index (χ3n) is 5.28. The maximum Gasteiger partial charge on any atom is 0.243 e. The Morgan fingerprint density at radius 1 is 1.12 bits per heavy atom. The van der Waals surface area contributed by atoms with Gasteiger partial charge in [-0.2, -0.15) is 9.40 Å². The highest BCUT2D eigenvalue weighted by molar-refractivity contribution is 7.89. The van der Waals surface area contributed by atoms with Crippen LogP contribution in [0.3, 0.4) is 0 Å². The lowest BCUT2D eigenvalue weighted by atomic mass is 10.1. The van der Waals surface area contributed by atoms with Crippen molar-refractivity contribution in [1.82, 2.24) is 19.0 Å². The highest BCUT2D eigenvalue weighted by Gasteiger charge is 2.34. The molecule has 0 bridgehead atoms. The molecule has 26 heavy (non-hydrogen) atoms. The second kappa shape index (κ2) is 7.09. The van der Waals surface area contributed by atoms with Crippen molar-refractivity contribution >= 4 is 10.0 Å². The Hall–Kier alpha value is -1.77. The van der Waals surface area contributed by atoms with E-state index in [0.717, 1.165) is 31.7 Å². The Morgan fingerprint density at radius 3 is 2.58 bits per heavy atom. The maximum absolute atomic E-state index is 13.2. The van der Waals surface area contributed by atoms with Gasteiger partial charge in [0, 0.05) is 19.3 Å². The van der Waals surface area contributed by atoms with Gasteiger partial charge in [0.25, 0.3) is 0 Å². The van der Waals surface area contributed by atoms with Gasteiger partial charge in [0.15, 0.2) is 0 Å². The predicted octanol–water partition coefficient (Wildman–Crippen LogP) is 2.25. The van der Waals surface area contributed by atoms with E-state index in [9.17, 15) is 12.8 Å². The van der Waals surface area contributed by atoms with E-state index in [1.54, 1.807) is 6.20 Å². The van der Waals surface area contributed by atoms with E-state index in [0.29, 0.717) is 13.1 Å². The summed E-state index contributed by atoms with van der Waals surface area (Å²) in [6, 6.07) is 6.92. The van der Waals surface area contributed by atoms with E-state index in [4.69, 9.17) is 0 Å². The number of fused-ring (bicyclic) bond motifs is 1. The largest absolute Gasteiger partial charge is 0.303 e. The fraction of sp³-hybridized carbons (Fsp3) is 0.500. The van der Waals surface area contributed by atoms with E-state index in [2.05, 4.69) is 10.00 Å². The molecule has 2 aromatic rings. The van der Waals surface area contributed by atoms with Crippen LogP contribution in [0.25, 0.3) is 0 Å². The van der Waals surface area contributed by atoms with Crippen LogP contribution in [0.15, 0.2) is 41.4 Å². The highest BCUT2D eigenvalue weighted by Crippen LogP contribution is 2.28. The number of hydrogen-bond donors (Lipinski definition) is 0. The van der Waals surface area contributed by atoms with Gasteiger partial charge in [0.2, 0.25) is 10.0 Å². The molecule has 6 nitrogen and oxygen atoms in total. The highest BCUT2D eigenvalue weighted by atomic mass is 32.2. The Morgan fingerprint density at radius 2 is 1.85 bits per heavy atom. The molecule has 0 unspecified atom stereocenters. The average molecular weight is 378 g/mol. The first-order valence-electron chi connectivity index (χ1n) is 9.04. The van der Waals surface area contributed by atoms with Crippen LogP contribution in [0.5, 0.6) is 0 Å². The van der Waals surface area contributed by atoms with Crippen molar-refractivity contribution in [3.8, 4) is 0 Å². The number of halogens is 1. The zero-order valence-electron chi connectivity index (χ0n) is 14.6. The summed E-state index contributed by atoms with van der Waals surface area (Å²) in [4.78, 5) is 2.56. The lowest BCUT2D eigenvalue weighted by Crippen LogP contribution is -2.42. The molecule has 2 aliphatic heterocycles. The van der Waals surface area contributed by atoms with Crippen LogP contribution in [-0.4, -0.2) is 53.6 Å². The lowest BCUT2D eigenvalue weighted by Gasteiger charge is -2.34. The molecule has 0 N–H and O–H groups in total. The van der Waals surface area contributed by atoms with Gasteiger partial charge in [0.05, 0.1) is 23.2 Å². The fourth-order valence-corrected chi connectivity index (χ4v) is 5.29. The van der Waals surface area contributed by atoms with Crippen LogP contribution in [0, 0.1) is 5.82 Å². The number of sulfonamides is 1. The monoisotopic (exact) mass is 378 g/mol. The Labute approximate surface area is 153 Å². The van der Waals surface area contributed by atoms with Crippen molar-refractivity contribution in [2.75, 3.05) is 26.2 Å². The van der Waals surface area contributed by atoms with Gasteiger partial charge in [-0.05, 0) is 62.7 Å². The van der Waals surface area contributed by atoms with E-state index in [1.165, 1.54) is 41.4 Å². The summed E-state index contributed by atoms with van der Waals surface area (Å²) >= 11 is 0. The molecule has 4 rings (SSSR count). The minimum atomic E-state index is -3.66. The van der Waals surface area contributed by atoms with E-state index < -0.39 is 15.8 Å². The van der Waals surface area contributed by atoms with Gasteiger partial charge in [0.1, 0.15) is 5.82 Å². The van der Waals surface area contributed by atoms with Crippen LogP contribution in [-0.2, 0) is 16.6 Å². The third kappa shape index (κ3) is 3.41. The molecule has 3 heterocycles. The van der Waals surface area contributed by atoms with Crippen molar-refractivity contribution in [1.29, 1.82) is 0 Å². The quantitative estimate of drug-likeness (QED) is 0.801. The SMILES string of the molecule is O=S(=O)(c1ccc(F)cc1)N1Cc2ccnn2[C@H](CCN2CCCC2)C1. The normalized spacial score (nSPS) is 21.8. The third-order valence-corrected chi connectivity index (χ3v) is 7.11. The molecule has 8 heteroatoms. The van der Waals surface area contributed by atoms with Crippen LogP contribution in [0.2, 0.25) is 0 Å². The Balaban J connectivity index is 1.55. The summed E-state index contributed by atoms with van der Waals surface area (Å²) < 4.78 is 42.6. The zero-order chi connectivity index (χ0) is 18.1. The van der Waals surface area contributed by atoms with E-state index >= 15 is 0 Å². The van der Waals surface area contributed by atoms with Crippen LogP contribution >= 0.6 is 0 Å². The summed E-state index contributed by atoms with van der Waals surface area (Å²) in [5.74, 6) is -0.441. The van der Waals surface area contributed by atoms with Crippen molar-refractivity contribution in [2.24, 2.45) is 0 Å². The smallest absolute Gasteiger partial charge is 0.243 e. The minimum Gasteiger partial charge on any atom is -0.303 e. The first kappa shape index (κ1) is 17.6. The maximum atomic E-state index is 13.2. The fourth-order valence-electron chi connectivity index (χ4n) is 3.84. The Bertz CT molecular complexity index is 860. The topological polar surface area (TPSA) is 58.4 Å². The first-order chi connectivity index (χ1) is 12.5. The van der Waals surface area contributed by atoms with Crippen LogP contribution in [0.4, 0.5) is 4.39 Å². The summed E-state index contributed by atoms with van der Waals surface area (Å²) in [6.45, 7) is 3.88. The van der Waals surface area contributed by atoms with Gasteiger partial charge in [-0.3, -0.25) is 4.68 Å². The Kier molecular flexibility index (Phi) is 4.81. The molecule has 0 radical (unpaired) electrons. The average Bonchev–Trinajstić information content (AvgIpc) is 3.31. The minimum absolute atomic E-state index is 0.0181. The second-order valence-corrected chi connectivity index (χ2v) is 8.95. The van der Waals surface area contributed by atoms with Crippen molar-refractivity contribution in [3.63, 3.8) is 0 Å². The van der Waals surface area contributed by atoms with E-state index in [1.807, 2.05) is 10.7 Å². The summed E-state index contributed by atoms with van der Waals surface area (Å²) in [6.07, 6.45) is 5.07. The number of hydrogen-bond acceptors (Lipinski definition) is 4. The predicted molar refractivity (Wildman–Crippen MR) is 95.6 cm³/mol. The van der Waals surface area contributed by atoms with Crippen molar-refractivity contribution in [3.05, 3.63) is 48.0 Å². The molecule has 0 spiro atoms. The molecule has 1 saturated heterocycles. The van der Waals surface area contributed by atoms with E-state index in [-0.39, 0.29) is 10.9 Å². The molecule has 1 atom stereocenters. The van der Waals surface area contributed by atoms with Crippen molar-refractivity contribution < 1.29 is 12.8 Å². The second-order valence-electron chi connectivity index (χ2n) is 7.01. The molecular weight excluding hydrogens is 355 g/mol. The number of aromatic nitrogens is 2. The molecule has 140 valence electrons. The number of likely N-dealkylation sites (tertiary alicyclic amines) is 1. The van der Waals surface area contributed by atoms with Gasteiger partial charge < -0.3 is 4.90 Å². The first-order valence-corrected chi connectivity index (χ1v) is 10.5. The van der Waals surface area contributed by atoms with Gasteiger partial charge in [-0.1, -0.05) is 0 Å². The molecule has 1 aromatic heterocycles. The lowest BCUT2D eigenvalue weighted by molar-refractivity contribution is 0.226. The van der Waals surface area contributed by atoms with Gasteiger partial charge in [-0.25, -0.2) is 12.8 Å².